The molecule has 1 saturated heterocycles. The summed E-state index contributed by atoms with van der Waals surface area (Å²) < 4.78 is 5.85. The Bertz CT molecular complexity index is 518. The predicted molar refractivity (Wildman–Crippen MR) is 91.4 cm³/mol. The molecule has 6 nitrogen and oxygen atoms in total. The average molecular weight is 332 g/mol. The van der Waals surface area contributed by atoms with Crippen LogP contribution in [-0.2, 0) is 9.53 Å². The van der Waals surface area contributed by atoms with Crippen LogP contribution in [0.25, 0.3) is 0 Å². The number of carbonyl (C=O) groups is 1. The molecule has 2 fully saturated rings. The van der Waals surface area contributed by atoms with Crippen molar-refractivity contribution < 1.29 is 9.53 Å². The molecular formula is C18H28N4O2. The molecule has 0 radical (unpaired) electrons. The zero-order valence-electron chi connectivity index (χ0n) is 14.6. The van der Waals surface area contributed by atoms with Crippen molar-refractivity contribution in [3.8, 4) is 12.3 Å². The van der Waals surface area contributed by atoms with Crippen molar-refractivity contribution >= 4 is 5.91 Å². The van der Waals surface area contributed by atoms with E-state index in [1.165, 1.54) is 12.8 Å². The van der Waals surface area contributed by atoms with Gasteiger partial charge in [0.1, 0.15) is 0 Å². The third-order valence-corrected chi connectivity index (χ3v) is 5.09. The Balaban J connectivity index is 1.49. The summed E-state index contributed by atoms with van der Waals surface area (Å²) in [6, 6.07) is 0. The molecule has 1 unspecified atom stereocenters. The number of likely N-dealkylation sites (N-methyl/N-ethyl adjacent to an activating group) is 1. The first-order chi connectivity index (χ1) is 11.6. The minimum atomic E-state index is -0.366. The van der Waals surface area contributed by atoms with Crippen LogP contribution < -0.4 is 0 Å². The van der Waals surface area contributed by atoms with E-state index in [2.05, 4.69) is 28.1 Å². The second kappa shape index (κ2) is 7.62. The molecule has 0 aromatic rings. The highest BCUT2D eigenvalue weighted by Gasteiger charge is 2.40. The minimum Gasteiger partial charge on any atom is -0.374 e. The molecule has 0 N–H and O–H groups in total. The summed E-state index contributed by atoms with van der Waals surface area (Å²) in [6.45, 7) is 4.18. The lowest BCUT2D eigenvalue weighted by Gasteiger charge is -2.34. The van der Waals surface area contributed by atoms with Crippen molar-refractivity contribution in [1.29, 1.82) is 0 Å². The van der Waals surface area contributed by atoms with Gasteiger partial charge in [0.2, 0.25) is 5.91 Å². The van der Waals surface area contributed by atoms with Crippen LogP contribution in [-0.4, -0.2) is 67.3 Å². The number of carbonyl (C=O) groups excluding carboxylic acids is 1. The van der Waals surface area contributed by atoms with Crippen LogP contribution in [0.4, 0.5) is 0 Å². The molecule has 0 aromatic heterocycles. The molecule has 132 valence electrons. The van der Waals surface area contributed by atoms with Crippen LogP contribution >= 0.6 is 0 Å². The van der Waals surface area contributed by atoms with Gasteiger partial charge in [0.25, 0.3) is 0 Å². The van der Waals surface area contributed by atoms with Gasteiger partial charge < -0.3 is 14.5 Å². The van der Waals surface area contributed by atoms with Crippen LogP contribution in [0.1, 0.15) is 38.5 Å². The Hall–Kier alpha value is -1.45. The Kier molecular flexibility index (Phi) is 5.52. The van der Waals surface area contributed by atoms with Crippen molar-refractivity contribution in [3.05, 3.63) is 0 Å². The van der Waals surface area contributed by atoms with Crippen LogP contribution in [0, 0.1) is 18.3 Å². The van der Waals surface area contributed by atoms with E-state index in [0.717, 1.165) is 32.7 Å². The maximum Gasteiger partial charge on any atom is 0.222 e. The third kappa shape index (κ3) is 5.02. The summed E-state index contributed by atoms with van der Waals surface area (Å²) >= 11 is 0. The Morgan fingerprint density at radius 1 is 1.38 bits per heavy atom. The first kappa shape index (κ1) is 17.4. The number of rotatable bonds is 9. The molecule has 1 aliphatic carbocycles. The minimum absolute atomic E-state index is 0.122. The zero-order valence-corrected chi connectivity index (χ0v) is 14.6. The number of amides is 1. The topological polar surface area (TPSA) is 57.5 Å². The number of ether oxygens (including phenoxy) is 1. The van der Waals surface area contributed by atoms with Gasteiger partial charge in [-0.15, -0.1) is 12.3 Å². The van der Waals surface area contributed by atoms with Gasteiger partial charge in [-0.3, -0.25) is 4.79 Å². The number of hydrogen-bond donors (Lipinski definition) is 0. The van der Waals surface area contributed by atoms with Gasteiger partial charge in [0, 0.05) is 51.9 Å². The second-order valence-electron chi connectivity index (χ2n) is 7.38. The molecule has 2 heterocycles. The first-order valence-electron chi connectivity index (χ1n) is 9.06. The summed E-state index contributed by atoms with van der Waals surface area (Å²) in [7, 11) is 2.11. The summed E-state index contributed by atoms with van der Waals surface area (Å²) in [5.41, 5.74) is -0.366. The molecule has 3 rings (SSSR count). The monoisotopic (exact) mass is 332 g/mol. The number of hydrogen-bond acceptors (Lipinski definition) is 5. The van der Waals surface area contributed by atoms with Gasteiger partial charge in [-0.05, 0) is 25.8 Å². The summed E-state index contributed by atoms with van der Waals surface area (Å²) in [4.78, 5) is 17.0. The molecule has 1 saturated carbocycles. The molecule has 24 heavy (non-hydrogen) atoms. The summed E-state index contributed by atoms with van der Waals surface area (Å²) in [5, 5.41) is 8.26. The van der Waals surface area contributed by atoms with E-state index in [9.17, 15) is 4.79 Å². The van der Waals surface area contributed by atoms with Gasteiger partial charge in [0.05, 0.1) is 12.7 Å². The highest BCUT2D eigenvalue weighted by atomic mass is 16.5. The van der Waals surface area contributed by atoms with Crippen molar-refractivity contribution in [2.24, 2.45) is 16.1 Å². The van der Waals surface area contributed by atoms with Crippen molar-refractivity contribution in [1.82, 2.24) is 9.80 Å². The molecule has 0 aromatic carbocycles. The van der Waals surface area contributed by atoms with Gasteiger partial charge >= 0.3 is 0 Å². The molecular weight excluding hydrogens is 304 g/mol. The lowest BCUT2D eigenvalue weighted by atomic mass is 10.0. The standard InChI is InChI=1S/C18H28N4O2/c1-3-4-8-18(19-20-18)9-7-17(23)22(12-15-5-6-15)14-16-13-21(2)10-11-24-16/h1,15-16H,4-14H2,2H3. The lowest BCUT2D eigenvalue weighted by Crippen LogP contribution is -2.48. The average Bonchev–Trinajstić information content (AvgIpc) is 3.47. The summed E-state index contributed by atoms with van der Waals surface area (Å²) in [6.07, 6.45) is 10.5. The van der Waals surface area contributed by atoms with E-state index in [1.807, 2.05) is 4.90 Å². The number of nitrogens with zero attached hydrogens (tertiary/aromatic N) is 4. The molecule has 3 aliphatic rings. The van der Waals surface area contributed by atoms with Crippen LogP contribution in [0.5, 0.6) is 0 Å². The van der Waals surface area contributed by atoms with E-state index in [0.29, 0.717) is 31.7 Å². The number of morpholine rings is 1. The van der Waals surface area contributed by atoms with Gasteiger partial charge in [-0.2, -0.15) is 10.2 Å². The largest absolute Gasteiger partial charge is 0.374 e. The SMILES string of the molecule is C#CCCC1(CCC(=O)N(CC2CC2)CC2CN(C)CCO2)N=N1. The van der Waals surface area contributed by atoms with E-state index < -0.39 is 0 Å². The van der Waals surface area contributed by atoms with Crippen molar-refractivity contribution in [3.63, 3.8) is 0 Å². The van der Waals surface area contributed by atoms with E-state index >= 15 is 0 Å². The Morgan fingerprint density at radius 3 is 2.79 bits per heavy atom. The van der Waals surface area contributed by atoms with Gasteiger partial charge in [-0.1, -0.05) is 0 Å². The predicted octanol–water partition coefficient (Wildman–Crippen LogP) is 1.91. The number of terminal acetylenes is 1. The molecule has 0 bridgehead atoms. The first-order valence-corrected chi connectivity index (χ1v) is 9.06. The fraction of sp³-hybridized carbons (Fsp3) is 0.833. The normalized spacial score (nSPS) is 25.2. The fourth-order valence-electron chi connectivity index (χ4n) is 3.25. The molecule has 1 amide bonds. The van der Waals surface area contributed by atoms with Gasteiger partial charge in [-0.25, -0.2) is 0 Å². The van der Waals surface area contributed by atoms with Crippen molar-refractivity contribution in [2.45, 2.75) is 50.3 Å². The van der Waals surface area contributed by atoms with E-state index in [-0.39, 0.29) is 17.7 Å². The van der Waals surface area contributed by atoms with Crippen LogP contribution in [0.15, 0.2) is 10.2 Å². The maximum absolute atomic E-state index is 12.7. The zero-order chi connectivity index (χ0) is 17.0. The molecule has 2 aliphatic heterocycles. The van der Waals surface area contributed by atoms with Crippen LogP contribution in [0.3, 0.4) is 0 Å². The van der Waals surface area contributed by atoms with Gasteiger partial charge in [0.15, 0.2) is 5.66 Å². The molecule has 0 spiro atoms. The van der Waals surface area contributed by atoms with Crippen LogP contribution in [0.2, 0.25) is 0 Å². The molecule has 1 atom stereocenters. The fourth-order valence-corrected chi connectivity index (χ4v) is 3.25. The maximum atomic E-state index is 12.7. The Morgan fingerprint density at radius 2 is 2.17 bits per heavy atom. The quantitative estimate of drug-likeness (QED) is 0.606. The van der Waals surface area contributed by atoms with E-state index in [4.69, 9.17) is 11.2 Å². The second-order valence-corrected chi connectivity index (χ2v) is 7.38. The lowest BCUT2D eigenvalue weighted by molar-refractivity contribution is -0.135. The Labute approximate surface area is 144 Å². The summed E-state index contributed by atoms with van der Waals surface area (Å²) in [5.74, 6) is 3.52. The highest BCUT2D eigenvalue weighted by Crippen LogP contribution is 2.38. The molecule has 6 heteroatoms. The van der Waals surface area contributed by atoms with Crippen molar-refractivity contribution in [2.75, 3.05) is 39.8 Å². The smallest absolute Gasteiger partial charge is 0.222 e. The van der Waals surface area contributed by atoms with E-state index in [1.54, 1.807) is 0 Å². The highest BCUT2D eigenvalue weighted by molar-refractivity contribution is 5.76. The third-order valence-electron chi connectivity index (χ3n) is 5.09.